The van der Waals surface area contributed by atoms with Crippen LogP contribution in [0.4, 0.5) is 5.00 Å². The Kier molecular flexibility index (Phi) is 4.15. The minimum absolute atomic E-state index is 0.0134. The van der Waals surface area contributed by atoms with Crippen molar-refractivity contribution in [2.24, 2.45) is 0 Å². The fraction of sp³-hybridized carbons (Fsp3) is 0.222. The quantitative estimate of drug-likeness (QED) is 0.732. The van der Waals surface area contributed by atoms with Crippen molar-refractivity contribution in [2.45, 2.75) is 6.10 Å². The Bertz CT molecular complexity index is 845. The molecular weight excluding hydrogens is 324 g/mol. The van der Waals surface area contributed by atoms with E-state index in [1.165, 1.54) is 0 Å². The average molecular weight is 340 g/mol. The molecule has 0 spiro atoms. The topological polar surface area (TPSA) is 51.7 Å². The number of amides is 1. The van der Waals surface area contributed by atoms with E-state index < -0.39 is 0 Å². The predicted octanol–water partition coefficient (Wildman–Crippen LogP) is 3.11. The van der Waals surface area contributed by atoms with E-state index >= 15 is 0 Å². The van der Waals surface area contributed by atoms with Gasteiger partial charge in [-0.1, -0.05) is 18.2 Å². The lowest BCUT2D eigenvalue weighted by Gasteiger charge is -2.31. The van der Waals surface area contributed by atoms with Crippen LogP contribution in [-0.2, 0) is 9.53 Å². The van der Waals surface area contributed by atoms with Crippen molar-refractivity contribution in [3.8, 4) is 5.75 Å². The van der Waals surface area contributed by atoms with Crippen LogP contribution >= 0.6 is 11.3 Å². The summed E-state index contributed by atoms with van der Waals surface area (Å²) in [6.45, 7) is 0.960. The zero-order valence-corrected chi connectivity index (χ0v) is 13.7. The number of hydrogen-bond acceptors (Lipinski definition) is 5. The van der Waals surface area contributed by atoms with Gasteiger partial charge in [-0.05, 0) is 29.6 Å². The first-order chi connectivity index (χ1) is 11.8. The molecule has 3 heterocycles. The van der Waals surface area contributed by atoms with Crippen LogP contribution in [0.15, 0.2) is 54.0 Å². The second kappa shape index (κ2) is 6.59. The van der Waals surface area contributed by atoms with E-state index in [0.717, 1.165) is 21.7 Å². The molecule has 0 radical (unpaired) electrons. The summed E-state index contributed by atoms with van der Waals surface area (Å²) in [6, 6.07) is 13.6. The summed E-state index contributed by atoms with van der Waals surface area (Å²) in [6.07, 6.45) is 1.59. The van der Waals surface area contributed by atoms with Crippen LogP contribution in [0, 0.1) is 0 Å². The third-order valence-corrected chi connectivity index (χ3v) is 4.81. The average Bonchev–Trinajstić information content (AvgIpc) is 3.15. The molecule has 0 aliphatic carbocycles. The first-order valence-corrected chi connectivity index (χ1v) is 8.61. The molecular formula is C18H16N2O3S. The third kappa shape index (κ3) is 2.98. The molecule has 5 nitrogen and oxygen atoms in total. The van der Waals surface area contributed by atoms with Crippen LogP contribution in [0.1, 0.15) is 0 Å². The number of carbonyl (C=O) groups is 1. The second-order valence-corrected chi connectivity index (χ2v) is 6.46. The number of fused-ring (bicyclic) bond motifs is 1. The third-order valence-electron chi connectivity index (χ3n) is 3.92. The molecule has 6 heteroatoms. The zero-order chi connectivity index (χ0) is 16.4. The normalized spacial score (nSPS) is 18.1. The number of carbonyl (C=O) groups excluding carboxylic acids is 1. The lowest BCUT2D eigenvalue weighted by molar-refractivity contribution is -0.130. The maximum atomic E-state index is 12.0. The van der Waals surface area contributed by atoms with Crippen molar-refractivity contribution in [3.63, 3.8) is 0 Å². The summed E-state index contributed by atoms with van der Waals surface area (Å²) in [5, 5.41) is 3.95. The molecule has 3 aromatic rings. The van der Waals surface area contributed by atoms with Gasteiger partial charge in [-0.25, -0.2) is 0 Å². The van der Waals surface area contributed by atoms with Crippen LogP contribution in [0.2, 0.25) is 0 Å². The summed E-state index contributed by atoms with van der Waals surface area (Å²) in [4.78, 5) is 18.2. The van der Waals surface area contributed by atoms with E-state index in [1.807, 2.05) is 47.8 Å². The molecule has 0 bridgehead atoms. The number of hydrogen-bond donors (Lipinski definition) is 0. The number of aromatic nitrogens is 1. The lowest BCUT2D eigenvalue weighted by Crippen LogP contribution is -2.48. The highest BCUT2D eigenvalue weighted by molar-refractivity contribution is 7.14. The van der Waals surface area contributed by atoms with E-state index in [2.05, 4.69) is 4.98 Å². The molecule has 4 rings (SSSR count). The number of ether oxygens (including phenoxy) is 2. The summed E-state index contributed by atoms with van der Waals surface area (Å²) >= 11 is 1.55. The zero-order valence-electron chi connectivity index (χ0n) is 12.9. The first-order valence-electron chi connectivity index (χ1n) is 7.73. The predicted molar refractivity (Wildman–Crippen MR) is 93.7 cm³/mol. The highest BCUT2D eigenvalue weighted by Crippen LogP contribution is 2.26. The van der Waals surface area contributed by atoms with Gasteiger partial charge in [0.2, 0.25) is 0 Å². The molecule has 0 saturated carbocycles. The highest BCUT2D eigenvalue weighted by atomic mass is 32.1. The van der Waals surface area contributed by atoms with Crippen molar-refractivity contribution in [1.29, 1.82) is 0 Å². The van der Waals surface area contributed by atoms with Crippen molar-refractivity contribution >= 4 is 33.1 Å². The van der Waals surface area contributed by atoms with Crippen molar-refractivity contribution in [2.75, 3.05) is 24.7 Å². The Morgan fingerprint density at radius 1 is 1.25 bits per heavy atom. The molecule has 0 N–H and O–H groups in total. The Hall–Kier alpha value is -2.44. The van der Waals surface area contributed by atoms with Gasteiger partial charge in [0.1, 0.15) is 30.6 Å². The van der Waals surface area contributed by atoms with Gasteiger partial charge in [-0.15, -0.1) is 11.3 Å². The molecule has 1 fully saturated rings. The lowest BCUT2D eigenvalue weighted by atomic mass is 10.2. The van der Waals surface area contributed by atoms with E-state index in [9.17, 15) is 4.79 Å². The molecule has 2 aromatic heterocycles. The number of nitrogens with zero attached hydrogens (tertiary/aromatic N) is 2. The van der Waals surface area contributed by atoms with E-state index in [0.29, 0.717) is 13.2 Å². The molecule has 1 unspecified atom stereocenters. The van der Waals surface area contributed by atoms with E-state index in [-0.39, 0.29) is 18.6 Å². The molecule has 1 aromatic carbocycles. The maximum Gasteiger partial charge on any atom is 0.253 e. The number of morpholine rings is 1. The molecule has 1 atom stereocenters. The number of pyridine rings is 1. The van der Waals surface area contributed by atoms with E-state index in [1.54, 1.807) is 22.4 Å². The van der Waals surface area contributed by atoms with Crippen LogP contribution in [0.25, 0.3) is 10.9 Å². The summed E-state index contributed by atoms with van der Waals surface area (Å²) in [5.74, 6) is 0.719. The molecule has 1 aliphatic rings. The van der Waals surface area contributed by atoms with E-state index in [4.69, 9.17) is 9.47 Å². The van der Waals surface area contributed by atoms with Crippen molar-refractivity contribution in [1.82, 2.24) is 4.98 Å². The van der Waals surface area contributed by atoms with Gasteiger partial charge >= 0.3 is 0 Å². The number of benzene rings is 1. The largest absolute Gasteiger partial charge is 0.489 e. The van der Waals surface area contributed by atoms with Gasteiger partial charge in [0.15, 0.2) is 0 Å². The molecule has 122 valence electrons. The Morgan fingerprint density at radius 3 is 3.04 bits per heavy atom. The minimum atomic E-state index is -0.163. The maximum absolute atomic E-state index is 12.0. The number of anilines is 1. The molecule has 1 amide bonds. The van der Waals surface area contributed by atoms with Crippen molar-refractivity contribution < 1.29 is 14.3 Å². The fourth-order valence-corrected chi connectivity index (χ4v) is 3.50. The molecule has 1 aliphatic heterocycles. The number of thiophene rings is 1. The van der Waals surface area contributed by atoms with Gasteiger partial charge in [-0.2, -0.15) is 0 Å². The van der Waals surface area contributed by atoms with Gasteiger partial charge in [0, 0.05) is 11.6 Å². The van der Waals surface area contributed by atoms with Crippen LogP contribution < -0.4 is 9.64 Å². The van der Waals surface area contributed by atoms with Gasteiger partial charge in [-0.3, -0.25) is 14.7 Å². The number of rotatable bonds is 4. The van der Waals surface area contributed by atoms with Gasteiger partial charge in [0.05, 0.1) is 11.5 Å². The van der Waals surface area contributed by atoms with Crippen LogP contribution in [-0.4, -0.2) is 36.8 Å². The Morgan fingerprint density at radius 2 is 2.17 bits per heavy atom. The Labute approximate surface area is 143 Å². The van der Waals surface area contributed by atoms with Gasteiger partial charge < -0.3 is 9.47 Å². The SMILES string of the molecule is O=C1COC(COc2cccc3cccnc23)CN1c1cccs1. The summed E-state index contributed by atoms with van der Waals surface area (Å²) < 4.78 is 11.6. The minimum Gasteiger partial charge on any atom is -0.489 e. The molecule has 1 saturated heterocycles. The molecule has 24 heavy (non-hydrogen) atoms. The standard InChI is InChI=1S/C18H16N2O3S/c21-16-12-22-14(10-20(16)17-7-3-9-24-17)11-23-15-6-1-4-13-5-2-8-19-18(13)15/h1-9,14H,10-12H2. The Balaban J connectivity index is 1.46. The van der Waals surface area contributed by atoms with Gasteiger partial charge in [0.25, 0.3) is 5.91 Å². The van der Waals surface area contributed by atoms with Crippen LogP contribution in [0.3, 0.4) is 0 Å². The van der Waals surface area contributed by atoms with Crippen molar-refractivity contribution in [3.05, 3.63) is 54.0 Å². The second-order valence-electron chi connectivity index (χ2n) is 5.53. The summed E-state index contributed by atoms with van der Waals surface area (Å²) in [7, 11) is 0. The fourth-order valence-electron chi connectivity index (χ4n) is 2.74. The monoisotopic (exact) mass is 340 g/mol. The number of para-hydroxylation sites is 1. The summed E-state index contributed by atoms with van der Waals surface area (Å²) in [5.41, 5.74) is 0.835. The first kappa shape index (κ1) is 15.1. The highest BCUT2D eigenvalue weighted by Gasteiger charge is 2.28. The van der Waals surface area contributed by atoms with Crippen LogP contribution in [0.5, 0.6) is 5.75 Å². The smallest absolute Gasteiger partial charge is 0.253 e.